The second-order valence-electron chi connectivity index (χ2n) is 9.13. The predicted molar refractivity (Wildman–Crippen MR) is 153 cm³/mol. The number of carbonyl (C=O) groups excluding carboxylic acids is 1. The van der Waals surface area contributed by atoms with Crippen LogP contribution in [-0.4, -0.2) is 48.5 Å². The van der Waals surface area contributed by atoms with Gasteiger partial charge in [0.25, 0.3) is 5.91 Å². The number of rotatable bonds is 13. The van der Waals surface area contributed by atoms with Gasteiger partial charge < -0.3 is 10.4 Å². The molecule has 0 spiro atoms. The lowest BCUT2D eigenvalue weighted by Crippen LogP contribution is -2.33. The Morgan fingerprint density at radius 3 is 2.55 bits per heavy atom. The molecular formula is C26H26ClF2IN4O5S. The summed E-state index contributed by atoms with van der Waals surface area (Å²) in [6.07, 6.45) is 4.87. The third-order valence-corrected chi connectivity index (χ3v) is 8.91. The van der Waals surface area contributed by atoms with E-state index in [1.807, 2.05) is 22.6 Å². The number of anilines is 2. The van der Waals surface area contributed by atoms with Crippen LogP contribution in [0.25, 0.3) is 0 Å². The quantitative estimate of drug-likeness (QED) is 0.169. The second kappa shape index (κ2) is 13.5. The highest BCUT2D eigenvalue weighted by Crippen LogP contribution is 2.35. The first kappa shape index (κ1) is 30.5. The molecule has 2 aromatic carbocycles. The van der Waals surface area contributed by atoms with E-state index in [4.69, 9.17) is 16.4 Å². The molecule has 3 aromatic rings. The first-order valence-corrected chi connectivity index (χ1v) is 15.2. The average Bonchev–Trinajstić information content (AvgIpc) is 3.75. The van der Waals surface area contributed by atoms with E-state index in [1.54, 1.807) is 24.3 Å². The van der Waals surface area contributed by atoms with Crippen LogP contribution in [0.4, 0.5) is 20.2 Å². The number of amides is 1. The van der Waals surface area contributed by atoms with Crippen LogP contribution < -0.4 is 10.8 Å². The van der Waals surface area contributed by atoms with Crippen molar-refractivity contribution in [3.05, 3.63) is 80.1 Å². The van der Waals surface area contributed by atoms with E-state index >= 15 is 8.78 Å². The number of sulfonamides is 1. The molecule has 0 saturated heterocycles. The number of nitrogens with one attached hydrogen (secondary N) is 2. The Labute approximate surface area is 249 Å². The van der Waals surface area contributed by atoms with Gasteiger partial charge in [-0.3, -0.25) is 14.6 Å². The Morgan fingerprint density at radius 1 is 1.18 bits per heavy atom. The smallest absolute Gasteiger partial charge is 0.277 e. The molecule has 1 amide bonds. The van der Waals surface area contributed by atoms with E-state index < -0.39 is 43.7 Å². The summed E-state index contributed by atoms with van der Waals surface area (Å²) in [7, 11) is -4.70. The summed E-state index contributed by atoms with van der Waals surface area (Å²) in [5.41, 5.74) is 1.79. The molecule has 1 aromatic heterocycles. The van der Waals surface area contributed by atoms with Crippen LogP contribution in [0.15, 0.2) is 53.7 Å². The molecule has 0 radical (unpaired) electrons. The SMILES string of the molecule is O=C(NOCC1CC1)c1cc(S(=O)(=O)N(CCCO)Cc2ccncc2)c(F)c(F)c1Nc1ccc(I)cc1Cl. The average molecular weight is 707 g/mol. The number of pyridine rings is 1. The van der Waals surface area contributed by atoms with Gasteiger partial charge in [-0.15, -0.1) is 0 Å². The fourth-order valence-electron chi connectivity index (χ4n) is 3.74. The molecule has 14 heteroatoms. The standard InChI is InChI=1S/C26H26ClF2IN4O5S/c27-20-12-18(30)4-5-21(20)32-25-19(26(36)33-39-15-17-2-3-17)13-22(23(28)24(25)29)40(37,38)34(10-1-11-35)14-16-6-8-31-9-7-16/h4-9,12-13,17,32,35H,1-3,10-11,14-15H2,(H,33,36). The van der Waals surface area contributed by atoms with Crippen molar-refractivity contribution >= 4 is 61.5 Å². The lowest BCUT2D eigenvalue weighted by Gasteiger charge is -2.24. The topological polar surface area (TPSA) is 121 Å². The summed E-state index contributed by atoms with van der Waals surface area (Å²) in [6, 6.07) is 8.68. The molecule has 1 aliphatic carbocycles. The number of nitrogens with zero attached hydrogens (tertiary/aromatic N) is 2. The summed E-state index contributed by atoms with van der Waals surface area (Å²) >= 11 is 8.29. The Balaban J connectivity index is 1.77. The molecule has 1 saturated carbocycles. The van der Waals surface area contributed by atoms with E-state index in [2.05, 4.69) is 15.8 Å². The van der Waals surface area contributed by atoms with Gasteiger partial charge in [0.1, 0.15) is 4.90 Å². The van der Waals surface area contributed by atoms with E-state index in [-0.39, 0.29) is 49.4 Å². The third-order valence-electron chi connectivity index (χ3n) is 6.08. The summed E-state index contributed by atoms with van der Waals surface area (Å²) in [5.74, 6) is -3.95. The highest BCUT2D eigenvalue weighted by molar-refractivity contribution is 14.1. The third kappa shape index (κ3) is 7.44. The molecule has 1 fully saturated rings. The van der Waals surface area contributed by atoms with E-state index in [9.17, 15) is 18.3 Å². The Morgan fingerprint density at radius 2 is 1.90 bits per heavy atom. The molecule has 214 valence electrons. The van der Waals surface area contributed by atoms with Crippen molar-refractivity contribution in [3.8, 4) is 0 Å². The molecule has 4 rings (SSSR count). The fourth-order valence-corrected chi connectivity index (χ4v) is 6.20. The van der Waals surface area contributed by atoms with Gasteiger partial charge in [-0.2, -0.15) is 4.31 Å². The van der Waals surface area contributed by atoms with Gasteiger partial charge in [0.05, 0.1) is 28.6 Å². The zero-order valence-electron chi connectivity index (χ0n) is 21.0. The summed E-state index contributed by atoms with van der Waals surface area (Å²) in [6.45, 7) is -0.485. The maximum absolute atomic E-state index is 15.7. The maximum Gasteiger partial charge on any atom is 0.277 e. The second-order valence-corrected chi connectivity index (χ2v) is 12.7. The predicted octanol–water partition coefficient (Wildman–Crippen LogP) is 5.01. The normalized spacial score (nSPS) is 13.4. The van der Waals surface area contributed by atoms with Gasteiger partial charge in [0.15, 0.2) is 11.6 Å². The number of aromatic nitrogens is 1. The number of aliphatic hydroxyl groups excluding tert-OH is 1. The van der Waals surface area contributed by atoms with Crippen LogP contribution in [0.5, 0.6) is 0 Å². The summed E-state index contributed by atoms with van der Waals surface area (Å²) in [4.78, 5) is 21.2. The molecule has 3 N–H and O–H groups in total. The van der Waals surface area contributed by atoms with Gasteiger partial charge >= 0.3 is 0 Å². The minimum absolute atomic E-state index is 0.0434. The Bertz CT molecular complexity index is 1480. The molecule has 0 aliphatic heterocycles. The van der Waals surface area contributed by atoms with E-state index in [0.717, 1.165) is 26.8 Å². The van der Waals surface area contributed by atoms with Crippen molar-refractivity contribution in [1.29, 1.82) is 0 Å². The number of halogens is 4. The van der Waals surface area contributed by atoms with Crippen molar-refractivity contribution in [3.63, 3.8) is 0 Å². The van der Waals surface area contributed by atoms with Crippen LogP contribution in [0, 0.1) is 21.1 Å². The molecule has 1 aliphatic rings. The number of aliphatic hydroxyl groups is 1. The van der Waals surface area contributed by atoms with Crippen LogP contribution >= 0.6 is 34.2 Å². The van der Waals surface area contributed by atoms with Crippen LogP contribution in [0.1, 0.15) is 35.2 Å². The molecule has 0 bridgehead atoms. The Hall–Kier alpha value is -2.43. The molecule has 9 nitrogen and oxygen atoms in total. The van der Waals surface area contributed by atoms with Crippen molar-refractivity contribution in [2.45, 2.75) is 30.7 Å². The highest BCUT2D eigenvalue weighted by Gasteiger charge is 2.33. The van der Waals surface area contributed by atoms with Gasteiger partial charge in [-0.05, 0) is 89.7 Å². The van der Waals surface area contributed by atoms with Crippen LogP contribution in [0.2, 0.25) is 5.02 Å². The van der Waals surface area contributed by atoms with Gasteiger partial charge in [-0.1, -0.05) is 11.6 Å². The monoisotopic (exact) mass is 706 g/mol. The van der Waals surface area contributed by atoms with Crippen LogP contribution in [0.3, 0.4) is 0 Å². The summed E-state index contributed by atoms with van der Waals surface area (Å²) < 4.78 is 60.3. The zero-order valence-corrected chi connectivity index (χ0v) is 24.8. The van der Waals surface area contributed by atoms with Crippen molar-refractivity contribution < 1.29 is 31.9 Å². The van der Waals surface area contributed by atoms with Gasteiger partial charge in [0.2, 0.25) is 10.0 Å². The fraction of sp³-hybridized carbons (Fsp3) is 0.308. The van der Waals surface area contributed by atoms with Gasteiger partial charge in [-0.25, -0.2) is 22.7 Å². The minimum atomic E-state index is -4.70. The largest absolute Gasteiger partial charge is 0.396 e. The minimum Gasteiger partial charge on any atom is -0.396 e. The van der Waals surface area contributed by atoms with E-state index in [1.165, 1.54) is 18.5 Å². The zero-order chi connectivity index (χ0) is 28.9. The molecule has 1 heterocycles. The van der Waals surface area contributed by atoms with Crippen molar-refractivity contribution in [2.75, 3.05) is 25.1 Å². The number of carbonyl (C=O) groups is 1. The number of hydrogen-bond acceptors (Lipinski definition) is 7. The first-order valence-electron chi connectivity index (χ1n) is 12.3. The van der Waals surface area contributed by atoms with E-state index in [0.29, 0.717) is 5.56 Å². The summed E-state index contributed by atoms with van der Waals surface area (Å²) in [5, 5.41) is 12.1. The molecule has 0 atom stereocenters. The van der Waals surface area contributed by atoms with Gasteiger partial charge in [0, 0.05) is 35.7 Å². The number of benzene rings is 2. The van der Waals surface area contributed by atoms with Crippen molar-refractivity contribution in [1.82, 2.24) is 14.8 Å². The molecule has 40 heavy (non-hydrogen) atoms. The number of hydrogen-bond donors (Lipinski definition) is 3. The number of hydroxylamine groups is 1. The highest BCUT2D eigenvalue weighted by atomic mass is 127. The van der Waals surface area contributed by atoms with Crippen molar-refractivity contribution in [2.24, 2.45) is 5.92 Å². The lowest BCUT2D eigenvalue weighted by atomic mass is 10.1. The Kier molecular flexibility index (Phi) is 10.3. The van der Waals surface area contributed by atoms with Crippen LogP contribution in [-0.2, 0) is 21.4 Å². The molecule has 0 unspecified atom stereocenters. The lowest BCUT2D eigenvalue weighted by molar-refractivity contribution is 0.0270. The first-order chi connectivity index (χ1) is 19.1. The maximum atomic E-state index is 15.7. The molecular weight excluding hydrogens is 681 g/mol.